The summed E-state index contributed by atoms with van der Waals surface area (Å²) in [6.07, 6.45) is 5.75. The fourth-order valence-electron chi connectivity index (χ4n) is 3.69. The van der Waals surface area contributed by atoms with Crippen molar-refractivity contribution in [1.82, 2.24) is 20.3 Å². The molecule has 0 aliphatic heterocycles. The van der Waals surface area contributed by atoms with Crippen molar-refractivity contribution in [1.29, 1.82) is 0 Å². The number of aromatic nitrogens is 3. The molecule has 33 heavy (non-hydrogen) atoms. The molecule has 0 spiro atoms. The SMILES string of the molecule is Cc1ccc(C(=O)NC2CC2)cc1-c1ccc2nc(NCCNc3ccccn3)ncc2c1. The van der Waals surface area contributed by atoms with E-state index in [-0.39, 0.29) is 5.91 Å². The highest BCUT2D eigenvalue weighted by Gasteiger charge is 2.24. The highest BCUT2D eigenvalue weighted by atomic mass is 16.1. The van der Waals surface area contributed by atoms with Crippen LogP contribution in [0.2, 0.25) is 0 Å². The summed E-state index contributed by atoms with van der Waals surface area (Å²) >= 11 is 0. The number of anilines is 2. The third kappa shape index (κ3) is 5.09. The Hall–Kier alpha value is -4.00. The van der Waals surface area contributed by atoms with E-state index < -0.39 is 0 Å². The number of fused-ring (bicyclic) bond motifs is 1. The lowest BCUT2D eigenvalue weighted by molar-refractivity contribution is 0.0951. The third-order valence-electron chi connectivity index (χ3n) is 5.68. The van der Waals surface area contributed by atoms with Crippen molar-refractivity contribution in [3.63, 3.8) is 0 Å². The summed E-state index contributed by atoms with van der Waals surface area (Å²) in [5.41, 5.74) is 4.77. The van der Waals surface area contributed by atoms with Gasteiger partial charge >= 0.3 is 0 Å². The molecule has 3 N–H and O–H groups in total. The van der Waals surface area contributed by atoms with Crippen molar-refractivity contribution in [2.24, 2.45) is 0 Å². The number of hydrogen-bond donors (Lipinski definition) is 3. The van der Waals surface area contributed by atoms with Gasteiger partial charge in [-0.3, -0.25) is 4.79 Å². The van der Waals surface area contributed by atoms with Crippen molar-refractivity contribution in [2.75, 3.05) is 23.7 Å². The first-order valence-electron chi connectivity index (χ1n) is 11.2. The first-order chi connectivity index (χ1) is 16.2. The summed E-state index contributed by atoms with van der Waals surface area (Å²) < 4.78 is 0. The highest BCUT2D eigenvalue weighted by molar-refractivity contribution is 5.96. The molecule has 1 saturated carbocycles. The normalized spacial score (nSPS) is 13.0. The number of benzene rings is 2. The van der Waals surface area contributed by atoms with Gasteiger partial charge in [0.1, 0.15) is 5.82 Å². The maximum atomic E-state index is 12.5. The Morgan fingerprint density at radius 2 is 1.88 bits per heavy atom. The van der Waals surface area contributed by atoms with Gasteiger partial charge in [-0.2, -0.15) is 0 Å². The smallest absolute Gasteiger partial charge is 0.251 e. The van der Waals surface area contributed by atoms with Crippen LogP contribution in [0.4, 0.5) is 11.8 Å². The van der Waals surface area contributed by atoms with Gasteiger partial charge in [-0.05, 0) is 72.9 Å². The number of nitrogens with one attached hydrogen (secondary N) is 3. The van der Waals surface area contributed by atoms with Gasteiger partial charge in [-0.15, -0.1) is 0 Å². The number of rotatable bonds is 8. The van der Waals surface area contributed by atoms with Crippen molar-refractivity contribution in [3.05, 3.63) is 78.1 Å². The van der Waals surface area contributed by atoms with Gasteiger partial charge in [0.05, 0.1) is 5.52 Å². The Labute approximate surface area is 192 Å². The Balaban J connectivity index is 1.28. The molecule has 5 rings (SSSR count). The molecule has 1 aliphatic carbocycles. The molecular weight excluding hydrogens is 412 g/mol. The van der Waals surface area contributed by atoms with Crippen LogP contribution in [0.15, 0.2) is 67.0 Å². The lowest BCUT2D eigenvalue weighted by Crippen LogP contribution is -2.25. The molecule has 0 bridgehead atoms. The summed E-state index contributed by atoms with van der Waals surface area (Å²) in [7, 11) is 0. The molecule has 1 aliphatic rings. The molecule has 2 aromatic heterocycles. The summed E-state index contributed by atoms with van der Waals surface area (Å²) in [5, 5.41) is 10.5. The quantitative estimate of drug-likeness (QED) is 0.353. The van der Waals surface area contributed by atoms with Crippen LogP contribution in [-0.2, 0) is 0 Å². The van der Waals surface area contributed by atoms with Gasteiger partial charge < -0.3 is 16.0 Å². The maximum Gasteiger partial charge on any atom is 0.251 e. The lowest BCUT2D eigenvalue weighted by atomic mass is 9.97. The van der Waals surface area contributed by atoms with Crippen LogP contribution in [0.1, 0.15) is 28.8 Å². The molecule has 2 heterocycles. The minimum atomic E-state index is -0.00359. The van der Waals surface area contributed by atoms with Gasteiger partial charge in [-0.1, -0.05) is 18.2 Å². The minimum Gasteiger partial charge on any atom is -0.368 e. The number of hydrogen-bond acceptors (Lipinski definition) is 6. The van der Waals surface area contributed by atoms with Crippen LogP contribution in [0.3, 0.4) is 0 Å². The number of amides is 1. The predicted molar refractivity (Wildman–Crippen MR) is 131 cm³/mol. The average Bonchev–Trinajstić information content (AvgIpc) is 3.66. The van der Waals surface area contributed by atoms with Crippen molar-refractivity contribution >= 4 is 28.6 Å². The van der Waals surface area contributed by atoms with Crippen LogP contribution in [0.5, 0.6) is 0 Å². The third-order valence-corrected chi connectivity index (χ3v) is 5.68. The molecule has 0 radical (unpaired) electrons. The number of aryl methyl sites for hydroxylation is 1. The number of carbonyl (C=O) groups is 1. The fraction of sp³-hybridized carbons (Fsp3) is 0.231. The second kappa shape index (κ2) is 9.24. The van der Waals surface area contributed by atoms with Crippen LogP contribution in [0.25, 0.3) is 22.0 Å². The standard InChI is InChI=1S/C26H26N6O/c1-17-5-6-19(25(33)31-21-8-9-21)15-22(17)18-7-10-23-20(14-18)16-30-26(32-23)29-13-12-28-24-4-2-3-11-27-24/h2-7,10-11,14-16,21H,8-9,12-13H2,1H3,(H,27,28)(H,31,33)(H,29,30,32). The molecule has 1 fully saturated rings. The maximum absolute atomic E-state index is 12.5. The molecule has 2 aromatic carbocycles. The Morgan fingerprint density at radius 1 is 1.00 bits per heavy atom. The van der Waals surface area contributed by atoms with Crippen molar-refractivity contribution < 1.29 is 4.79 Å². The van der Waals surface area contributed by atoms with Gasteiger partial charge in [0, 0.05) is 42.5 Å². The van der Waals surface area contributed by atoms with E-state index >= 15 is 0 Å². The van der Waals surface area contributed by atoms with Gasteiger partial charge in [0.2, 0.25) is 5.95 Å². The van der Waals surface area contributed by atoms with E-state index in [2.05, 4.69) is 43.9 Å². The largest absolute Gasteiger partial charge is 0.368 e. The van der Waals surface area contributed by atoms with E-state index in [1.54, 1.807) is 6.20 Å². The average molecular weight is 439 g/mol. The van der Waals surface area contributed by atoms with Crippen molar-refractivity contribution in [2.45, 2.75) is 25.8 Å². The fourth-order valence-corrected chi connectivity index (χ4v) is 3.69. The minimum absolute atomic E-state index is 0.00359. The zero-order valence-corrected chi connectivity index (χ0v) is 18.5. The molecule has 0 atom stereocenters. The molecule has 1 amide bonds. The monoisotopic (exact) mass is 438 g/mol. The molecule has 7 nitrogen and oxygen atoms in total. The summed E-state index contributed by atoms with van der Waals surface area (Å²) in [6.45, 7) is 3.45. The second-order valence-electron chi connectivity index (χ2n) is 8.31. The van der Waals surface area contributed by atoms with Crippen LogP contribution >= 0.6 is 0 Å². The number of carbonyl (C=O) groups excluding carboxylic acids is 1. The van der Waals surface area contributed by atoms with Crippen LogP contribution < -0.4 is 16.0 Å². The molecule has 7 heteroatoms. The zero-order chi connectivity index (χ0) is 22.6. The second-order valence-corrected chi connectivity index (χ2v) is 8.31. The molecular formula is C26H26N6O. The Bertz CT molecular complexity index is 1290. The molecule has 0 saturated heterocycles. The molecule has 166 valence electrons. The lowest BCUT2D eigenvalue weighted by Gasteiger charge is -2.11. The number of pyridine rings is 1. The summed E-state index contributed by atoms with van der Waals surface area (Å²) in [6, 6.07) is 18.1. The van der Waals surface area contributed by atoms with E-state index in [9.17, 15) is 4.79 Å². The molecule has 0 unspecified atom stereocenters. The van der Waals surface area contributed by atoms with E-state index in [1.165, 1.54) is 0 Å². The van der Waals surface area contributed by atoms with Crippen LogP contribution in [-0.4, -0.2) is 40.0 Å². The van der Waals surface area contributed by atoms with E-state index in [1.807, 2.05) is 54.7 Å². The van der Waals surface area contributed by atoms with Crippen molar-refractivity contribution in [3.8, 4) is 11.1 Å². The van der Waals surface area contributed by atoms with Gasteiger partial charge in [0.15, 0.2) is 0 Å². The van der Waals surface area contributed by atoms with Crippen LogP contribution in [0, 0.1) is 6.92 Å². The van der Waals surface area contributed by atoms with E-state index in [0.717, 1.165) is 46.3 Å². The Morgan fingerprint density at radius 3 is 2.70 bits per heavy atom. The highest BCUT2D eigenvalue weighted by Crippen LogP contribution is 2.28. The van der Waals surface area contributed by atoms with Gasteiger partial charge in [-0.25, -0.2) is 15.0 Å². The summed E-state index contributed by atoms with van der Waals surface area (Å²) in [4.78, 5) is 25.8. The summed E-state index contributed by atoms with van der Waals surface area (Å²) in [5.74, 6) is 1.43. The zero-order valence-electron chi connectivity index (χ0n) is 18.5. The topological polar surface area (TPSA) is 91.8 Å². The number of nitrogens with zero attached hydrogens (tertiary/aromatic N) is 3. The Kier molecular flexibility index (Phi) is 5.85. The van der Waals surface area contributed by atoms with Gasteiger partial charge in [0.25, 0.3) is 5.91 Å². The van der Waals surface area contributed by atoms with E-state index in [4.69, 9.17) is 0 Å². The predicted octanol–water partition coefficient (Wildman–Crippen LogP) is 4.42. The first kappa shape index (κ1) is 20.9. The first-order valence-corrected chi connectivity index (χ1v) is 11.2. The van der Waals surface area contributed by atoms with E-state index in [0.29, 0.717) is 30.6 Å². The molecule has 4 aromatic rings.